The van der Waals surface area contributed by atoms with Crippen molar-refractivity contribution in [3.05, 3.63) is 93.2 Å². The Morgan fingerprint density at radius 3 is 2.62 bits per heavy atom. The van der Waals surface area contributed by atoms with E-state index >= 15 is 0 Å². The standard InChI is InChI=1S/C23H18ClFN4O3/c1-14-21(22(28-32-14)17-4-2-3-5-18(17)24)23(31)26-12-13-29-20(30)11-10-19(27-29)15-6-8-16(25)9-7-15/h2-11H,12-13H2,1H3,(H,26,31). The zero-order chi connectivity index (χ0) is 22.7. The molecule has 1 amide bonds. The van der Waals surface area contributed by atoms with Crippen molar-refractivity contribution in [1.29, 1.82) is 0 Å². The van der Waals surface area contributed by atoms with Crippen LogP contribution in [0.3, 0.4) is 0 Å². The minimum atomic E-state index is -0.401. The summed E-state index contributed by atoms with van der Waals surface area (Å²) in [5, 5.41) is 11.5. The van der Waals surface area contributed by atoms with Gasteiger partial charge in [-0.2, -0.15) is 5.10 Å². The van der Waals surface area contributed by atoms with Gasteiger partial charge in [-0.3, -0.25) is 9.59 Å². The topological polar surface area (TPSA) is 90.0 Å². The Balaban J connectivity index is 1.49. The molecule has 2 aromatic carbocycles. The first kappa shape index (κ1) is 21.5. The van der Waals surface area contributed by atoms with Crippen LogP contribution >= 0.6 is 11.6 Å². The Hall–Kier alpha value is -3.78. The smallest absolute Gasteiger partial charge is 0.266 e. The predicted molar refractivity (Wildman–Crippen MR) is 118 cm³/mol. The van der Waals surface area contributed by atoms with Gasteiger partial charge in [0.1, 0.15) is 22.8 Å². The van der Waals surface area contributed by atoms with Crippen LogP contribution in [0.2, 0.25) is 5.02 Å². The Morgan fingerprint density at radius 2 is 1.88 bits per heavy atom. The molecule has 0 radical (unpaired) electrons. The van der Waals surface area contributed by atoms with Crippen LogP contribution in [0.15, 0.2) is 70.0 Å². The summed E-state index contributed by atoms with van der Waals surface area (Å²) in [6.07, 6.45) is 0. The van der Waals surface area contributed by atoms with Gasteiger partial charge in [-0.05, 0) is 43.3 Å². The number of hydrogen-bond donors (Lipinski definition) is 1. The summed E-state index contributed by atoms with van der Waals surface area (Å²) in [5.41, 5.74) is 2.09. The monoisotopic (exact) mass is 452 g/mol. The molecule has 4 aromatic rings. The summed E-state index contributed by atoms with van der Waals surface area (Å²) in [5.74, 6) is -0.405. The molecule has 0 bridgehead atoms. The first-order valence-electron chi connectivity index (χ1n) is 9.77. The molecule has 4 rings (SSSR count). The number of amides is 1. The number of halogens is 2. The maximum Gasteiger partial charge on any atom is 0.266 e. The minimum absolute atomic E-state index is 0.144. The van der Waals surface area contributed by atoms with Crippen LogP contribution in [0.5, 0.6) is 0 Å². The number of hydrogen-bond acceptors (Lipinski definition) is 5. The Morgan fingerprint density at radius 1 is 1.12 bits per heavy atom. The lowest BCUT2D eigenvalue weighted by Gasteiger charge is -2.09. The average molecular weight is 453 g/mol. The summed E-state index contributed by atoms with van der Waals surface area (Å²) < 4.78 is 19.6. The summed E-state index contributed by atoms with van der Waals surface area (Å²) in [7, 11) is 0. The molecule has 0 aliphatic carbocycles. The van der Waals surface area contributed by atoms with E-state index in [4.69, 9.17) is 16.1 Å². The first-order valence-corrected chi connectivity index (χ1v) is 10.2. The van der Waals surface area contributed by atoms with Crippen molar-refractivity contribution < 1.29 is 13.7 Å². The first-order chi connectivity index (χ1) is 15.4. The van der Waals surface area contributed by atoms with Crippen LogP contribution in [-0.2, 0) is 6.54 Å². The Bertz CT molecular complexity index is 1330. The molecule has 0 saturated heterocycles. The van der Waals surface area contributed by atoms with Crippen LogP contribution in [0.4, 0.5) is 4.39 Å². The maximum absolute atomic E-state index is 13.2. The second-order valence-electron chi connectivity index (χ2n) is 6.98. The van der Waals surface area contributed by atoms with Gasteiger partial charge >= 0.3 is 0 Å². The van der Waals surface area contributed by atoms with E-state index < -0.39 is 5.91 Å². The van der Waals surface area contributed by atoms with E-state index in [1.54, 1.807) is 49.4 Å². The number of carbonyl (C=O) groups excluding carboxylic acids is 1. The normalized spacial score (nSPS) is 10.8. The molecule has 32 heavy (non-hydrogen) atoms. The molecule has 0 aliphatic rings. The SMILES string of the molecule is Cc1onc(-c2ccccc2Cl)c1C(=O)NCCn1nc(-c2ccc(F)cc2)ccc1=O. The van der Waals surface area contributed by atoms with Crippen LogP contribution in [0.25, 0.3) is 22.5 Å². The molecule has 7 nitrogen and oxygen atoms in total. The van der Waals surface area contributed by atoms with Crippen molar-refractivity contribution in [1.82, 2.24) is 20.3 Å². The summed E-state index contributed by atoms with van der Waals surface area (Å²) in [6, 6.07) is 15.8. The quantitative estimate of drug-likeness (QED) is 0.475. The van der Waals surface area contributed by atoms with Crippen molar-refractivity contribution >= 4 is 17.5 Å². The second kappa shape index (κ2) is 9.15. The molecule has 0 spiro atoms. The molecule has 0 atom stereocenters. The minimum Gasteiger partial charge on any atom is -0.360 e. The van der Waals surface area contributed by atoms with E-state index in [1.165, 1.54) is 22.9 Å². The lowest BCUT2D eigenvalue weighted by molar-refractivity contribution is 0.0951. The highest BCUT2D eigenvalue weighted by Crippen LogP contribution is 2.30. The van der Waals surface area contributed by atoms with Gasteiger partial charge in [0, 0.05) is 23.7 Å². The third-order valence-corrected chi connectivity index (χ3v) is 5.16. The fourth-order valence-electron chi connectivity index (χ4n) is 3.22. The van der Waals surface area contributed by atoms with Gasteiger partial charge in [0.05, 0.1) is 17.3 Å². The molecule has 2 heterocycles. The zero-order valence-corrected chi connectivity index (χ0v) is 17.8. The average Bonchev–Trinajstić information content (AvgIpc) is 3.17. The van der Waals surface area contributed by atoms with Gasteiger partial charge in [0.15, 0.2) is 0 Å². The van der Waals surface area contributed by atoms with Crippen molar-refractivity contribution in [3.8, 4) is 22.5 Å². The van der Waals surface area contributed by atoms with Crippen LogP contribution in [0.1, 0.15) is 16.1 Å². The van der Waals surface area contributed by atoms with Crippen molar-refractivity contribution in [3.63, 3.8) is 0 Å². The van der Waals surface area contributed by atoms with E-state index in [0.717, 1.165) is 0 Å². The number of nitrogens with one attached hydrogen (secondary N) is 1. The molecular weight excluding hydrogens is 435 g/mol. The largest absolute Gasteiger partial charge is 0.360 e. The third-order valence-electron chi connectivity index (χ3n) is 4.83. The molecular formula is C23H18ClFN4O3. The van der Waals surface area contributed by atoms with Crippen LogP contribution < -0.4 is 10.9 Å². The number of rotatable bonds is 6. The second-order valence-corrected chi connectivity index (χ2v) is 7.39. The predicted octanol–water partition coefficient (Wildman–Crippen LogP) is 4.10. The van der Waals surface area contributed by atoms with Gasteiger partial charge in [-0.15, -0.1) is 0 Å². The molecule has 0 unspecified atom stereocenters. The molecule has 2 aromatic heterocycles. The highest BCUT2D eigenvalue weighted by Gasteiger charge is 2.22. The maximum atomic E-state index is 13.2. The molecule has 0 saturated carbocycles. The van der Waals surface area contributed by atoms with Crippen LogP contribution in [-0.4, -0.2) is 27.4 Å². The Labute approximate surface area is 187 Å². The van der Waals surface area contributed by atoms with Gasteiger partial charge in [0.2, 0.25) is 0 Å². The fourth-order valence-corrected chi connectivity index (χ4v) is 3.45. The molecule has 162 valence electrons. The van der Waals surface area contributed by atoms with Gasteiger partial charge in [0.25, 0.3) is 11.5 Å². The third kappa shape index (κ3) is 4.45. The summed E-state index contributed by atoms with van der Waals surface area (Å²) in [6.45, 7) is 1.93. The van der Waals surface area contributed by atoms with E-state index in [9.17, 15) is 14.0 Å². The summed E-state index contributed by atoms with van der Waals surface area (Å²) >= 11 is 6.24. The molecule has 9 heteroatoms. The van der Waals surface area contributed by atoms with E-state index in [1.807, 2.05) is 0 Å². The van der Waals surface area contributed by atoms with Gasteiger partial charge in [-0.25, -0.2) is 9.07 Å². The molecule has 1 N–H and O–H groups in total. The highest BCUT2D eigenvalue weighted by molar-refractivity contribution is 6.33. The van der Waals surface area contributed by atoms with Crippen molar-refractivity contribution in [2.45, 2.75) is 13.5 Å². The lowest BCUT2D eigenvalue weighted by atomic mass is 10.1. The van der Waals surface area contributed by atoms with Crippen LogP contribution in [0, 0.1) is 12.7 Å². The Kier molecular flexibility index (Phi) is 6.13. The van der Waals surface area contributed by atoms with E-state index in [2.05, 4.69) is 15.6 Å². The summed E-state index contributed by atoms with van der Waals surface area (Å²) in [4.78, 5) is 25.0. The fraction of sp³-hybridized carbons (Fsp3) is 0.130. The van der Waals surface area contributed by atoms with Gasteiger partial charge < -0.3 is 9.84 Å². The zero-order valence-electron chi connectivity index (χ0n) is 17.0. The lowest BCUT2D eigenvalue weighted by Crippen LogP contribution is -2.32. The number of aryl methyl sites for hydroxylation is 1. The number of aromatic nitrogens is 3. The number of nitrogens with zero attached hydrogens (tertiary/aromatic N) is 3. The van der Waals surface area contributed by atoms with Crippen molar-refractivity contribution in [2.24, 2.45) is 0 Å². The highest BCUT2D eigenvalue weighted by atomic mass is 35.5. The van der Waals surface area contributed by atoms with E-state index in [-0.39, 0.29) is 30.0 Å². The van der Waals surface area contributed by atoms with Crippen molar-refractivity contribution in [2.75, 3.05) is 6.54 Å². The molecule has 0 fully saturated rings. The van der Waals surface area contributed by atoms with Gasteiger partial charge in [-0.1, -0.05) is 35.0 Å². The number of benzene rings is 2. The van der Waals surface area contributed by atoms with E-state index in [0.29, 0.717) is 33.3 Å². The molecule has 0 aliphatic heterocycles. The number of carbonyl (C=O) groups is 1.